The Kier molecular flexibility index (Phi) is 5.50. The van der Waals surface area contributed by atoms with Crippen LogP contribution >= 0.6 is 0 Å². The van der Waals surface area contributed by atoms with Crippen molar-refractivity contribution in [2.45, 2.75) is 0 Å². The van der Waals surface area contributed by atoms with Crippen LogP contribution in [0.15, 0.2) is 158 Å². The molecule has 1 aromatic heterocycles. The van der Waals surface area contributed by atoms with Crippen LogP contribution < -0.4 is 4.74 Å². The van der Waals surface area contributed by atoms with E-state index in [0.717, 1.165) is 61.7 Å². The molecule has 0 radical (unpaired) electrons. The Balaban J connectivity index is 1.18. The average Bonchev–Trinajstić information content (AvgIpc) is 3.48. The van der Waals surface area contributed by atoms with E-state index in [9.17, 15) is 0 Å². The summed E-state index contributed by atoms with van der Waals surface area (Å²) in [6.45, 7) is 0. The molecule has 0 N–H and O–H groups in total. The first kappa shape index (κ1) is 24.6. The first-order valence-corrected chi connectivity index (χ1v) is 14.9. The zero-order valence-corrected chi connectivity index (χ0v) is 23.8. The number of para-hydroxylation sites is 2. The zero-order chi connectivity index (χ0) is 29.0. The summed E-state index contributed by atoms with van der Waals surface area (Å²) in [7, 11) is 0. The van der Waals surface area contributed by atoms with Gasteiger partial charge in [0.1, 0.15) is 17.3 Å². The number of rotatable bonds is 4. The van der Waals surface area contributed by atoms with Gasteiger partial charge in [-0.3, -0.25) is 4.57 Å². The molecule has 1 aliphatic rings. The van der Waals surface area contributed by atoms with E-state index in [1.807, 2.05) is 24.3 Å². The summed E-state index contributed by atoms with van der Waals surface area (Å²) in [5.41, 5.74) is 11.2. The monoisotopic (exact) mass is 562 g/mol. The van der Waals surface area contributed by atoms with Gasteiger partial charge in [-0.25, -0.2) is 4.98 Å². The van der Waals surface area contributed by atoms with Crippen LogP contribution in [0, 0.1) is 0 Å². The lowest BCUT2D eigenvalue weighted by molar-refractivity contribution is 0.487. The summed E-state index contributed by atoms with van der Waals surface area (Å²) in [5.74, 6) is 2.75. The van der Waals surface area contributed by atoms with Crippen LogP contribution in [-0.4, -0.2) is 9.55 Å². The number of imidazole rings is 1. The molecule has 44 heavy (non-hydrogen) atoms. The molecular formula is C41H26N2O. The Morgan fingerprint density at radius 2 is 1.16 bits per heavy atom. The number of hydrogen-bond donors (Lipinski definition) is 0. The predicted octanol–water partition coefficient (Wildman–Crippen LogP) is 11.0. The van der Waals surface area contributed by atoms with Gasteiger partial charge >= 0.3 is 0 Å². The second kappa shape index (κ2) is 9.82. The Labute approximate surface area is 255 Å². The van der Waals surface area contributed by atoms with Gasteiger partial charge in [-0.1, -0.05) is 115 Å². The van der Waals surface area contributed by atoms with Crippen molar-refractivity contribution in [3.8, 4) is 62.0 Å². The number of hydrogen-bond acceptors (Lipinski definition) is 2. The molecule has 0 aliphatic carbocycles. The van der Waals surface area contributed by atoms with Gasteiger partial charge in [-0.05, 0) is 75.7 Å². The van der Waals surface area contributed by atoms with Crippen LogP contribution in [0.4, 0.5) is 0 Å². The summed E-state index contributed by atoms with van der Waals surface area (Å²) >= 11 is 0. The SMILES string of the molecule is c1ccc(-c2nc3cc(-c4cccc(-c5ccc6c7c(cccc57)-c5ccccc5O6)c4)ccc3n2-c2ccccc2)cc1. The highest BCUT2D eigenvalue weighted by Gasteiger charge is 2.21. The third-order valence-corrected chi connectivity index (χ3v) is 8.61. The van der Waals surface area contributed by atoms with Crippen molar-refractivity contribution in [3.63, 3.8) is 0 Å². The first-order valence-electron chi connectivity index (χ1n) is 14.9. The van der Waals surface area contributed by atoms with E-state index in [4.69, 9.17) is 9.72 Å². The third kappa shape index (κ3) is 3.87. The molecule has 2 heterocycles. The van der Waals surface area contributed by atoms with Crippen molar-refractivity contribution < 1.29 is 4.74 Å². The average molecular weight is 563 g/mol. The Morgan fingerprint density at radius 3 is 2.05 bits per heavy atom. The molecule has 0 saturated heterocycles. The van der Waals surface area contributed by atoms with Gasteiger partial charge in [0, 0.05) is 22.2 Å². The number of benzene rings is 7. The predicted molar refractivity (Wildman–Crippen MR) is 180 cm³/mol. The highest BCUT2D eigenvalue weighted by atomic mass is 16.5. The Morgan fingerprint density at radius 1 is 0.455 bits per heavy atom. The fraction of sp³-hybridized carbons (Fsp3) is 0. The molecule has 0 fully saturated rings. The van der Waals surface area contributed by atoms with E-state index in [1.54, 1.807) is 0 Å². The van der Waals surface area contributed by atoms with Crippen molar-refractivity contribution in [2.75, 3.05) is 0 Å². The molecule has 8 aromatic rings. The van der Waals surface area contributed by atoms with Crippen LogP contribution in [0.3, 0.4) is 0 Å². The summed E-state index contributed by atoms with van der Waals surface area (Å²) < 4.78 is 8.59. The highest BCUT2D eigenvalue weighted by Crippen LogP contribution is 2.48. The van der Waals surface area contributed by atoms with Crippen LogP contribution in [-0.2, 0) is 0 Å². The first-order chi connectivity index (χ1) is 21.8. The quantitative estimate of drug-likeness (QED) is 0.213. The second-order valence-corrected chi connectivity index (χ2v) is 11.2. The van der Waals surface area contributed by atoms with Crippen molar-refractivity contribution in [2.24, 2.45) is 0 Å². The molecule has 3 nitrogen and oxygen atoms in total. The fourth-order valence-electron chi connectivity index (χ4n) is 6.58. The van der Waals surface area contributed by atoms with Crippen molar-refractivity contribution >= 4 is 21.8 Å². The zero-order valence-electron chi connectivity index (χ0n) is 23.8. The molecule has 1 aliphatic heterocycles. The summed E-state index contributed by atoms with van der Waals surface area (Å²) in [6, 6.07) is 55.4. The number of aromatic nitrogens is 2. The third-order valence-electron chi connectivity index (χ3n) is 8.61. The minimum atomic E-state index is 0.905. The second-order valence-electron chi connectivity index (χ2n) is 11.2. The molecule has 3 heteroatoms. The molecule has 0 amide bonds. The summed E-state index contributed by atoms with van der Waals surface area (Å²) in [6.07, 6.45) is 0. The number of fused-ring (bicyclic) bond motifs is 3. The molecule has 9 rings (SSSR count). The lowest BCUT2D eigenvalue weighted by atomic mass is 9.90. The van der Waals surface area contributed by atoms with E-state index in [2.05, 4.69) is 138 Å². The van der Waals surface area contributed by atoms with Gasteiger partial charge in [0.2, 0.25) is 0 Å². The van der Waals surface area contributed by atoms with E-state index in [1.165, 1.54) is 22.1 Å². The topological polar surface area (TPSA) is 27.1 Å². The van der Waals surface area contributed by atoms with Gasteiger partial charge in [-0.2, -0.15) is 0 Å². The van der Waals surface area contributed by atoms with Gasteiger partial charge < -0.3 is 4.74 Å². The molecule has 0 spiro atoms. The molecule has 7 aromatic carbocycles. The van der Waals surface area contributed by atoms with Crippen LogP contribution in [0.5, 0.6) is 11.5 Å². The highest BCUT2D eigenvalue weighted by molar-refractivity contribution is 6.10. The number of nitrogens with zero attached hydrogens (tertiary/aromatic N) is 2. The van der Waals surface area contributed by atoms with Crippen LogP contribution in [0.25, 0.3) is 72.3 Å². The van der Waals surface area contributed by atoms with Gasteiger partial charge in [-0.15, -0.1) is 0 Å². The van der Waals surface area contributed by atoms with Crippen molar-refractivity contribution in [1.82, 2.24) is 9.55 Å². The number of ether oxygens (including phenoxy) is 1. The van der Waals surface area contributed by atoms with E-state index >= 15 is 0 Å². The maximum atomic E-state index is 6.34. The fourth-order valence-corrected chi connectivity index (χ4v) is 6.58. The van der Waals surface area contributed by atoms with Gasteiger partial charge in [0.15, 0.2) is 0 Å². The molecule has 0 saturated carbocycles. The van der Waals surface area contributed by atoms with E-state index in [-0.39, 0.29) is 0 Å². The van der Waals surface area contributed by atoms with E-state index in [0.29, 0.717) is 0 Å². The van der Waals surface area contributed by atoms with Crippen molar-refractivity contribution in [3.05, 3.63) is 158 Å². The minimum absolute atomic E-state index is 0.905. The maximum absolute atomic E-state index is 6.34. The van der Waals surface area contributed by atoms with Crippen LogP contribution in [0.2, 0.25) is 0 Å². The summed E-state index contributed by atoms with van der Waals surface area (Å²) in [4.78, 5) is 5.17. The molecule has 0 atom stereocenters. The van der Waals surface area contributed by atoms with Crippen molar-refractivity contribution in [1.29, 1.82) is 0 Å². The normalized spacial score (nSPS) is 11.8. The molecule has 0 bridgehead atoms. The van der Waals surface area contributed by atoms with E-state index < -0.39 is 0 Å². The Hall–Kier alpha value is -5.93. The lowest BCUT2D eigenvalue weighted by Crippen LogP contribution is -1.97. The van der Waals surface area contributed by atoms with Gasteiger partial charge in [0.05, 0.1) is 11.0 Å². The van der Waals surface area contributed by atoms with Gasteiger partial charge in [0.25, 0.3) is 0 Å². The summed E-state index contributed by atoms with van der Waals surface area (Å²) in [5, 5.41) is 2.35. The van der Waals surface area contributed by atoms with Crippen LogP contribution in [0.1, 0.15) is 0 Å². The largest absolute Gasteiger partial charge is 0.456 e. The standard InChI is InChI=1S/C41H26N2O/c1-3-11-27(12-4-1)41-42-36-26-29(21-23-37(36)43(41)31-15-5-2-6-16-31)28-13-9-14-30(25-28)32-22-24-39-40-34(32)18-10-19-35(40)33-17-7-8-20-38(33)44-39/h1-26H. The molecule has 0 unspecified atom stereocenters. The minimum Gasteiger partial charge on any atom is -0.456 e. The molecule has 206 valence electrons. The Bertz CT molecular complexity index is 2350. The lowest BCUT2D eigenvalue weighted by Gasteiger charge is -2.22. The smallest absolute Gasteiger partial charge is 0.145 e. The maximum Gasteiger partial charge on any atom is 0.145 e. The molecular weight excluding hydrogens is 536 g/mol.